The lowest BCUT2D eigenvalue weighted by Crippen LogP contribution is -1.88. The van der Waals surface area contributed by atoms with Crippen molar-refractivity contribution in [3.05, 3.63) is 60.2 Å². The zero-order valence-corrected chi connectivity index (χ0v) is 13.3. The number of ether oxygens (including phenoxy) is 1. The van der Waals surface area contributed by atoms with E-state index in [2.05, 4.69) is 67.8 Å². The summed E-state index contributed by atoms with van der Waals surface area (Å²) in [7, 11) is 1.73. The summed E-state index contributed by atoms with van der Waals surface area (Å²) in [6, 6.07) is 19.4. The maximum atomic E-state index is 5.49. The van der Waals surface area contributed by atoms with Gasteiger partial charge in [0.05, 0.1) is 7.11 Å². The number of methoxy groups -OCH3 is 1. The van der Waals surface area contributed by atoms with Gasteiger partial charge in [0.25, 0.3) is 0 Å². The standard InChI is InChI=1S/C19H18OS/c1-13-6-4-5-7-17(13)15-9-8-14-12-19(21-3)18(20-2)11-16(14)10-15/h4-12H,1-3H3. The summed E-state index contributed by atoms with van der Waals surface area (Å²) in [5.41, 5.74) is 3.83. The molecule has 21 heavy (non-hydrogen) atoms. The Morgan fingerprint density at radius 2 is 1.71 bits per heavy atom. The molecule has 0 unspecified atom stereocenters. The summed E-state index contributed by atoms with van der Waals surface area (Å²) in [5.74, 6) is 0.942. The van der Waals surface area contributed by atoms with Crippen molar-refractivity contribution in [2.24, 2.45) is 0 Å². The van der Waals surface area contributed by atoms with Crippen LogP contribution >= 0.6 is 11.8 Å². The third-order valence-corrected chi connectivity index (χ3v) is 4.56. The van der Waals surface area contributed by atoms with Gasteiger partial charge in [0, 0.05) is 4.90 Å². The van der Waals surface area contributed by atoms with Crippen molar-refractivity contribution in [2.45, 2.75) is 11.8 Å². The first-order chi connectivity index (χ1) is 10.2. The second-order valence-corrected chi connectivity index (χ2v) is 5.93. The largest absolute Gasteiger partial charge is 0.496 e. The maximum absolute atomic E-state index is 5.49. The molecule has 0 bridgehead atoms. The molecule has 0 aromatic heterocycles. The van der Waals surface area contributed by atoms with Gasteiger partial charge in [-0.05, 0) is 58.8 Å². The fourth-order valence-electron chi connectivity index (χ4n) is 2.64. The summed E-state index contributed by atoms with van der Waals surface area (Å²) in [6.07, 6.45) is 2.07. The van der Waals surface area contributed by atoms with Gasteiger partial charge >= 0.3 is 0 Å². The Kier molecular flexibility index (Phi) is 3.89. The van der Waals surface area contributed by atoms with Gasteiger partial charge in [0.2, 0.25) is 0 Å². The van der Waals surface area contributed by atoms with E-state index in [0.29, 0.717) is 0 Å². The Morgan fingerprint density at radius 3 is 2.43 bits per heavy atom. The van der Waals surface area contributed by atoms with E-state index in [1.165, 1.54) is 32.4 Å². The molecule has 0 saturated heterocycles. The Balaban J connectivity index is 2.18. The van der Waals surface area contributed by atoms with Crippen LogP contribution in [0.5, 0.6) is 5.75 Å². The molecule has 0 atom stereocenters. The highest BCUT2D eigenvalue weighted by Crippen LogP contribution is 2.34. The second kappa shape index (κ2) is 5.82. The highest BCUT2D eigenvalue weighted by Gasteiger charge is 2.07. The first-order valence-electron chi connectivity index (χ1n) is 6.94. The van der Waals surface area contributed by atoms with E-state index in [1.807, 2.05) is 0 Å². The Labute approximate surface area is 130 Å². The molecule has 0 radical (unpaired) electrons. The van der Waals surface area contributed by atoms with Gasteiger partial charge in [-0.3, -0.25) is 0 Å². The molecule has 0 fully saturated rings. The number of aryl methyl sites for hydroxylation is 1. The first-order valence-corrected chi connectivity index (χ1v) is 8.17. The van der Waals surface area contributed by atoms with E-state index < -0.39 is 0 Å². The van der Waals surface area contributed by atoms with Gasteiger partial charge in [0.1, 0.15) is 5.75 Å². The second-order valence-electron chi connectivity index (χ2n) is 5.08. The number of benzene rings is 3. The number of rotatable bonds is 3. The monoisotopic (exact) mass is 294 g/mol. The van der Waals surface area contributed by atoms with Gasteiger partial charge in [-0.1, -0.05) is 36.4 Å². The van der Waals surface area contributed by atoms with Crippen molar-refractivity contribution in [3.8, 4) is 16.9 Å². The molecule has 0 saturated carbocycles. The van der Waals surface area contributed by atoms with Crippen molar-refractivity contribution in [1.82, 2.24) is 0 Å². The minimum atomic E-state index is 0.942. The number of hydrogen-bond acceptors (Lipinski definition) is 2. The van der Waals surface area contributed by atoms with E-state index in [1.54, 1.807) is 18.9 Å². The van der Waals surface area contributed by atoms with Crippen LogP contribution in [-0.2, 0) is 0 Å². The fraction of sp³-hybridized carbons (Fsp3) is 0.158. The Morgan fingerprint density at radius 1 is 0.905 bits per heavy atom. The van der Waals surface area contributed by atoms with Crippen molar-refractivity contribution >= 4 is 22.5 Å². The average Bonchev–Trinajstić information content (AvgIpc) is 2.53. The lowest BCUT2D eigenvalue weighted by molar-refractivity contribution is 0.405. The highest BCUT2D eigenvalue weighted by atomic mass is 32.2. The molecule has 0 heterocycles. The number of fused-ring (bicyclic) bond motifs is 1. The summed E-state index contributed by atoms with van der Waals surface area (Å²) in [4.78, 5) is 1.17. The quantitative estimate of drug-likeness (QED) is 0.586. The Hall–Kier alpha value is -1.93. The van der Waals surface area contributed by atoms with E-state index in [9.17, 15) is 0 Å². The third kappa shape index (κ3) is 2.64. The van der Waals surface area contributed by atoms with Crippen LogP contribution in [0.1, 0.15) is 5.56 Å². The van der Waals surface area contributed by atoms with Crippen LogP contribution in [0.3, 0.4) is 0 Å². The SMILES string of the molecule is COc1cc2cc(-c3ccccc3C)ccc2cc1SC. The molecular formula is C19H18OS. The molecular weight excluding hydrogens is 276 g/mol. The predicted molar refractivity (Wildman–Crippen MR) is 92.5 cm³/mol. The molecule has 1 nitrogen and oxygen atoms in total. The zero-order chi connectivity index (χ0) is 14.8. The van der Waals surface area contributed by atoms with Crippen LogP contribution in [0.25, 0.3) is 21.9 Å². The lowest BCUT2D eigenvalue weighted by Gasteiger charge is -2.11. The zero-order valence-electron chi connectivity index (χ0n) is 12.5. The topological polar surface area (TPSA) is 9.23 Å². The highest BCUT2D eigenvalue weighted by molar-refractivity contribution is 7.98. The van der Waals surface area contributed by atoms with Crippen LogP contribution in [-0.4, -0.2) is 13.4 Å². The predicted octanol–water partition coefficient (Wildman–Crippen LogP) is 5.55. The van der Waals surface area contributed by atoms with Gasteiger partial charge in [-0.15, -0.1) is 11.8 Å². The fourth-order valence-corrected chi connectivity index (χ4v) is 3.23. The molecule has 3 aromatic carbocycles. The summed E-state index contributed by atoms with van der Waals surface area (Å²) >= 11 is 1.71. The smallest absolute Gasteiger partial charge is 0.133 e. The molecule has 0 aliphatic rings. The van der Waals surface area contributed by atoms with Gasteiger partial charge in [0.15, 0.2) is 0 Å². The molecule has 0 spiro atoms. The van der Waals surface area contributed by atoms with E-state index in [4.69, 9.17) is 4.74 Å². The van der Waals surface area contributed by atoms with Gasteiger partial charge < -0.3 is 4.74 Å². The minimum Gasteiger partial charge on any atom is -0.496 e. The molecule has 0 aliphatic heterocycles. The number of hydrogen-bond donors (Lipinski definition) is 0. The van der Waals surface area contributed by atoms with Crippen LogP contribution in [0.15, 0.2) is 59.5 Å². The molecule has 0 aliphatic carbocycles. The first kappa shape index (κ1) is 14.0. The minimum absolute atomic E-state index is 0.942. The summed E-state index contributed by atoms with van der Waals surface area (Å²) in [5, 5.41) is 2.46. The summed E-state index contributed by atoms with van der Waals surface area (Å²) < 4.78 is 5.49. The Bertz CT molecular complexity index is 793. The molecule has 2 heteroatoms. The van der Waals surface area contributed by atoms with E-state index in [-0.39, 0.29) is 0 Å². The molecule has 0 amide bonds. The van der Waals surface area contributed by atoms with E-state index >= 15 is 0 Å². The average molecular weight is 294 g/mol. The van der Waals surface area contributed by atoms with Gasteiger partial charge in [-0.25, -0.2) is 0 Å². The molecule has 0 N–H and O–H groups in total. The van der Waals surface area contributed by atoms with Crippen LogP contribution in [0.2, 0.25) is 0 Å². The number of thioether (sulfide) groups is 1. The normalized spacial score (nSPS) is 10.8. The molecule has 3 rings (SSSR count). The van der Waals surface area contributed by atoms with Crippen LogP contribution in [0, 0.1) is 6.92 Å². The van der Waals surface area contributed by atoms with Crippen molar-refractivity contribution < 1.29 is 4.74 Å². The van der Waals surface area contributed by atoms with Crippen molar-refractivity contribution in [1.29, 1.82) is 0 Å². The van der Waals surface area contributed by atoms with E-state index in [0.717, 1.165) is 5.75 Å². The third-order valence-electron chi connectivity index (χ3n) is 3.80. The van der Waals surface area contributed by atoms with Crippen LogP contribution in [0.4, 0.5) is 0 Å². The molecule has 106 valence electrons. The molecule has 3 aromatic rings. The summed E-state index contributed by atoms with van der Waals surface area (Å²) in [6.45, 7) is 2.15. The lowest BCUT2D eigenvalue weighted by atomic mass is 9.98. The van der Waals surface area contributed by atoms with Crippen molar-refractivity contribution in [2.75, 3.05) is 13.4 Å². The maximum Gasteiger partial charge on any atom is 0.133 e. The van der Waals surface area contributed by atoms with Gasteiger partial charge in [-0.2, -0.15) is 0 Å². The van der Waals surface area contributed by atoms with Crippen LogP contribution < -0.4 is 4.74 Å². The van der Waals surface area contributed by atoms with Crippen molar-refractivity contribution in [3.63, 3.8) is 0 Å².